The Hall–Kier alpha value is -3.86. The van der Waals surface area contributed by atoms with E-state index in [2.05, 4.69) is 92.1 Å². The molecule has 134 valence electrons. The van der Waals surface area contributed by atoms with Crippen molar-refractivity contribution in [3.8, 4) is 0 Å². The maximum absolute atomic E-state index is 4.65. The van der Waals surface area contributed by atoms with Crippen LogP contribution in [0.15, 0.2) is 85.2 Å². The summed E-state index contributed by atoms with van der Waals surface area (Å²) in [5.41, 5.74) is 6.39. The molecule has 0 N–H and O–H groups in total. The summed E-state index contributed by atoms with van der Waals surface area (Å²) in [5, 5.41) is 4.44. The first-order valence-electron chi connectivity index (χ1n) is 9.27. The van der Waals surface area contributed by atoms with Crippen LogP contribution >= 0.6 is 0 Å². The minimum absolute atomic E-state index is 1.00. The van der Waals surface area contributed by atoms with Crippen LogP contribution in [0.25, 0.3) is 43.9 Å². The number of nitrogens with zero attached hydrogens (tertiary/aromatic N) is 5. The zero-order valence-electron chi connectivity index (χ0n) is 15.3. The molecule has 6 rings (SSSR count). The molecule has 0 aliphatic rings. The second kappa shape index (κ2) is 5.57. The van der Waals surface area contributed by atoms with Crippen molar-refractivity contribution in [1.29, 1.82) is 0 Å². The van der Waals surface area contributed by atoms with Gasteiger partial charge in [-0.1, -0.05) is 36.4 Å². The van der Waals surface area contributed by atoms with Gasteiger partial charge in [0.05, 0.1) is 33.1 Å². The summed E-state index contributed by atoms with van der Waals surface area (Å²) < 4.78 is 4.44. The third-order valence-electron chi connectivity index (χ3n) is 5.38. The van der Waals surface area contributed by atoms with Gasteiger partial charge in [0.25, 0.3) is 0 Å². The van der Waals surface area contributed by atoms with Gasteiger partial charge in [0.15, 0.2) is 0 Å². The standard InChI is InChI=1S/C23H17N5/c1-26(27-18-10-4-2-8-16(18)22-20(27)12-6-14-24-22)28-19-11-5-3-9-17(19)23-21(28)13-7-15-25-23/h2-15H,1H3. The van der Waals surface area contributed by atoms with E-state index in [9.17, 15) is 0 Å². The van der Waals surface area contributed by atoms with Crippen LogP contribution < -0.4 is 5.12 Å². The Morgan fingerprint density at radius 1 is 0.571 bits per heavy atom. The molecule has 0 amide bonds. The summed E-state index contributed by atoms with van der Waals surface area (Å²) in [4.78, 5) is 9.30. The molecule has 4 aromatic heterocycles. The van der Waals surface area contributed by atoms with Crippen molar-refractivity contribution in [2.45, 2.75) is 0 Å². The van der Waals surface area contributed by atoms with E-state index in [0.29, 0.717) is 0 Å². The molecule has 0 saturated carbocycles. The fraction of sp³-hybridized carbons (Fsp3) is 0.0435. The minimum Gasteiger partial charge on any atom is -0.254 e. The predicted molar refractivity (Wildman–Crippen MR) is 114 cm³/mol. The van der Waals surface area contributed by atoms with Crippen molar-refractivity contribution in [3.05, 3.63) is 85.2 Å². The molecule has 0 radical (unpaired) electrons. The van der Waals surface area contributed by atoms with Gasteiger partial charge in [-0.2, -0.15) is 0 Å². The van der Waals surface area contributed by atoms with Gasteiger partial charge in [-0.3, -0.25) is 9.97 Å². The van der Waals surface area contributed by atoms with Crippen LogP contribution in [-0.4, -0.2) is 26.4 Å². The first-order chi connectivity index (χ1) is 13.8. The molecule has 0 atom stereocenters. The monoisotopic (exact) mass is 363 g/mol. The van der Waals surface area contributed by atoms with Crippen molar-refractivity contribution in [3.63, 3.8) is 0 Å². The Morgan fingerprint density at radius 2 is 1.00 bits per heavy atom. The molecule has 6 aromatic rings. The van der Waals surface area contributed by atoms with E-state index in [1.165, 1.54) is 0 Å². The third kappa shape index (κ3) is 1.90. The van der Waals surface area contributed by atoms with Crippen molar-refractivity contribution < 1.29 is 0 Å². The summed E-state index contributed by atoms with van der Waals surface area (Å²) >= 11 is 0. The van der Waals surface area contributed by atoms with Crippen LogP contribution in [-0.2, 0) is 0 Å². The average Bonchev–Trinajstić information content (AvgIpc) is 3.27. The Kier molecular flexibility index (Phi) is 3.03. The largest absolute Gasteiger partial charge is 0.254 e. The zero-order chi connectivity index (χ0) is 18.7. The molecular formula is C23H17N5. The fourth-order valence-corrected chi connectivity index (χ4v) is 4.24. The molecule has 5 heteroatoms. The number of hydrogen-bond donors (Lipinski definition) is 0. The highest BCUT2D eigenvalue weighted by atomic mass is 15.8. The van der Waals surface area contributed by atoms with Crippen molar-refractivity contribution in [2.75, 3.05) is 12.2 Å². The summed E-state index contributed by atoms with van der Waals surface area (Å²) in [6, 6.07) is 25.0. The van der Waals surface area contributed by atoms with Gasteiger partial charge in [0, 0.05) is 30.2 Å². The molecule has 28 heavy (non-hydrogen) atoms. The van der Waals surface area contributed by atoms with Crippen molar-refractivity contribution in [1.82, 2.24) is 19.3 Å². The lowest BCUT2D eigenvalue weighted by atomic mass is 10.2. The number of para-hydroxylation sites is 2. The first-order valence-corrected chi connectivity index (χ1v) is 9.27. The summed E-state index contributed by atoms with van der Waals surface area (Å²) in [5.74, 6) is 0. The van der Waals surface area contributed by atoms with Gasteiger partial charge in [-0.15, -0.1) is 0 Å². The van der Waals surface area contributed by atoms with Crippen LogP contribution in [0.4, 0.5) is 0 Å². The quantitative estimate of drug-likeness (QED) is 0.447. The Morgan fingerprint density at radius 3 is 1.50 bits per heavy atom. The van der Waals surface area contributed by atoms with Gasteiger partial charge >= 0.3 is 0 Å². The smallest absolute Gasteiger partial charge is 0.0980 e. The maximum Gasteiger partial charge on any atom is 0.0980 e. The second-order valence-corrected chi connectivity index (χ2v) is 6.89. The van der Waals surface area contributed by atoms with Crippen molar-refractivity contribution >= 4 is 43.9 Å². The van der Waals surface area contributed by atoms with Gasteiger partial charge in [-0.05, 0) is 36.4 Å². The molecule has 5 nitrogen and oxygen atoms in total. The third-order valence-corrected chi connectivity index (χ3v) is 5.38. The van der Waals surface area contributed by atoms with Crippen LogP contribution in [0.3, 0.4) is 0 Å². The van der Waals surface area contributed by atoms with Crippen LogP contribution in [0.5, 0.6) is 0 Å². The normalized spacial score (nSPS) is 11.8. The van der Waals surface area contributed by atoms with E-state index in [-0.39, 0.29) is 0 Å². The molecule has 0 spiro atoms. The molecule has 4 heterocycles. The van der Waals surface area contributed by atoms with E-state index in [0.717, 1.165) is 43.9 Å². The summed E-state index contributed by atoms with van der Waals surface area (Å²) in [6.45, 7) is 0. The van der Waals surface area contributed by atoms with Crippen molar-refractivity contribution in [2.24, 2.45) is 0 Å². The van der Waals surface area contributed by atoms with E-state index in [1.54, 1.807) is 0 Å². The fourth-order valence-electron chi connectivity index (χ4n) is 4.24. The van der Waals surface area contributed by atoms with Crippen LogP contribution in [0.1, 0.15) is 0 Å². The molecule has 0 fully saturated rings. The zero-order valence-corrected chi connectivity index (χ0v) is 15.3. The Balaban J connectivity index is 1.75. The number of benzene rings is 2. The van der Waals surface area contributed by atoms with E-state index in [1.807, 2.05) is 24.5 Å². The number of fused-ring (bicyclic) bond motifs is 6. The predicted octanol–water partition coefficient (Wildman–Crippen LogP) is 4.72. The van der Waals surface area contributed by atoms with Gasteiger partial charge in [-0.25, -0.2) is 14.5 Å². The molecule has 0 saturated heterocycles. The number of hydrogen-bond acceptors (Lipinski definition) is 3. The van der Waals surface area contributed by atoms with Gasteiger partial charge in [0.1, 0.15) is 0 Å². The molecule has 0 aliphatic carbocycles. The Bertz CT molecular complexity index is 1270. The summed E-state index contributed by atoms with van der Waals surface area (Å²) in [6.07, 6.45) is 3.70. The molecule has 0 aliphatic heterocycles. The van der Waals surface area contributed by atoms with E-state index >= 15 is 0 Å². The molecule has 2 aromatic carbocycles. The second-order valence-electron chi connectivity index (χ2n) is 6.89. The Labute approximate surface area is 161 Å². The number of pyridine rings is 2. The molecule has 0 unspecified atom stereocenters. The highest BCUT2D eigenvalue weighted by Gasteiger charge is 2.19. The number of aromatic nitrogens is 4. The average molecular weight is 363 g/mol. The summed E-state index contributed by atoms with van der Waals surface area (Å²) in [7, 11) is 2.08. The highest BCUT2D eigenvalue weighted by molar-refractivity contribution is 6.07. The lowest BCUT2D eigenvalue weighted by Crippen LogP contribution is -2.35. The molecule has 0 bridgehead atoms. The van der Waals surface area contributed by atoms with Crippen LogP contribution in [0, 0.1) is 0 Å². The van der Waals surface area contributed by atoms with Crippen LogP contribution in [0.2, 0.25) is 0 Å². The van der Waals surface area contributed by atoms with Gasteiger partial charge in [0.2, 0.25) is 0 Å². The topological polar surface area (TPSA) is 38.9 Å². The first kappa shape index (κ1) is 15.2. The maximum atomic E-state index is 4.65. The lowest BCUT2D eigenvalue weighted by molar-refractivity contribution is 0.632. The van der Waals surface area contributed by atoms with Gasteiger partial charge < -0.3 is 0 Å². The van der Waals surface area contributed by atoms with E-state index < -0.39 is 0 Å². The van der Waals surface area contributed by atoms with E-state index in [4.69, 9.17) is 0 Å². The SMILES string of the molecule is CN(n1c2ccccc2c2ncccc21)n1c2ccccc2c2ncccc21. The number of rotatable bonds is 2. The highest BCUT2D eigenvalue weighted by Crippen LogP contribution is 2.31. The minimum atomic E-state index is 1.00. The lowest BCUT2D eigenvalue weighted by Gasteiger charge is -2.26. The molecular weight excluding hydrogens is 346 g/mol.